The molecule has 0 radical (unpaired) electrons. The number of anilines is 2. The molecule has 2 fully saturated rings. The molecule has 1 aliphatic heterocycles. The fourth-order valence-corrected chi connectivity index (χ4v) is 5.73. The largest absolute Gasteiger partial charge is 0.466 e. The van der Waals surface area contributed by atoms with Crippen LogP contribution in [0.2, 0.25) is 0 Å². The average Bonchev–Trinajstić information content (AvgIpc) is 3.53. The van der Waals surface area contributed by atoms with E-state index in [1.165, 1.54) is 7.11 Å². The number of carbonyl (C=O) groups is 1. The van der Waals surface area contributed by atoms with Crippen LogP contribution in [0.15, 0.2) is 18.6 Å². The second-order valence-corrected chi connectivity index (χ2v) is 10.7. The Hall–Kier alpha value is -2.95. The molecule has 1 aliphatic carbocycles. The lowest BCUT2D eigenvalue weighted by Gasteiger charge is -2.28. The van der Waals surface area contributed by atoms with E-state index >= 15 is 0 Å². The minimum absolute atomic E-state index is 0.0415. The molecule has 1 saturated carbocycles. The van der Waals surface area contributed by atoms with Crippen molar-refractivity contribution in [3.63, 3.8) is 0 Å². The van der Waals surface area contributed by atoms with Gasteiger partial charge in [-0.15, -0.1) is 4.37 Å². The Balaban J connectivity index is 1.25. The third-order valence-electron chi connectivity index (χ3n) is 6.88. The number of amides is 2. The van der Waals surface area contributed by atoms with Gasteiger partial charge < -0.3 is 19.1 Å². The molecule has 3 atom stereocenters. The summed E-state index contributed by atoms with van der Waals surface area (Å²) in [6, 6.07) is 2.68. The maximum absolute atomic E-state index is 12.7. The number of hydrogen-bond donors (Lipinski definition) is 1. The van der Waals surface area contributed by atoms with E-state index in [0.717, 1.165) is 54.3 Å². The van der Waals surface area contributed by atoms with Crippen LogP contribution in [0, 0.1) is 11.8 Å². The molecular weight excluding hydrogens is 440 g/mol. The Bertz CT molecular complexity index is 1150. The van der Waals surface area contributed by atoms with Gasteiger partial charge in [-0.2, -0.15) is 4.98 Å². The van der Waals surface area contributed by atoms with E-state index in [9.17, 15) is 4.79 Å². The third kappa shape index (κ3) is 3.98. The molecule has 1 N–H and O–H groups in total. The number of urea groups is 1. The summed E-state index contributed by atoms with van der Waals surface area (Å²) in [4.78, 5) is 30.2. The number of aromatic nitrogens is 5. The Morgan fingerprint density at radius 1 is 1.24 bits per heavy atom. The molecule has 1 unspecified atom stereocenters. The van der Waals surface area contributed by atoms with Crippen molar-refractivity contribution >= 4 is 39.5 Å². The van der Waals surface area contributed by atoms with Crippen LogP contribution in [0.1, 0.15) is 33.6 Å². The molecular formula is C22H30N8O2S. The summed E-state index contributed by atoms with van der Waals surface area (Å²) < 4.78 is 11.2. The van der Waals surface area contributed by atoms with Crippen LogP contribution in [0.5, 0.6) is 6.01 Å². The summed E-state index contributed by atoms with van der Waals surface area (Å²) in [5.74, 6) is 1.96. The van der Waals surface area contributed by atoms with Gasteiger partial charge >= 0.3 is 12.0 Å². The lowest BCUT2D eigenvalue weighted by Crippen LogP contribution is -2.36. The van der Waals surface area contributed by atoms with E-state index in [-0.39, 0.29) is 17.6 Å². The molecule has 3 aromatic rings. The van der Waals surface area contributed by atoms with E-state index in [4.69, 9.17) is 4.74 Å². The van der Waals surface area contributed by atoms with E-state index < -0.39 is 0 Å². The molecule has 0 spiro atoms. The first-order valence-corrected chi connectivity index (χ1v) is 12.0. The monoisotopic (exact) mass is 470 g/mol. The first kappa shape index (κ1) is 21.9. The number of likely N-dealkylation sites (tertiary alicyclic amines) is 1. The van der Waals surface area contributed by atoms with Crippen LogP contribution < -0.4 is 15.0 Å². The SMILES string of the molecule is COc1nsc(NC(=O)N2C[C@H]3CC(N(C)c4ncnc5c4ccn5C(C)(C)C)C[C@H]3C2)n1. The number of methoxy groups -OCH3 is 1. The zero-order valence-electron chi connectivity index (χ0n) is 19.6. The number of fused-ring (bicyclic) bond motifs is 2. The van der Waals surface area contributed by atoms with Crippen molar-refractivity contribution in [2.24, 2.45) is 11.8 Å². The minimum Gasteiger partial charge on any atom is -0.466 e. The molecule has 11 heteroatoms. The number of rotatable bonds is 4. The normalized spacial score (nSPS) is 22.6. The van der Waals surface area contributed by atoms with Crippen molar-refractivity contribution in [1.29, 1.82) is 0 Å². The van der Waals surface area contributed by atoms with Crippen molar-refractivity contribution in [2.45, 2.75) is 45.2 Å². The van der Waals surface area contributed by atoms with Crippen molar-refractivity contribution in [1.82, 2.24) is 28.8 Å². The van der Waals surface area contributed by atoms with Gasteiger partial charge in [0.1, 0.15) is 17.8 Å². The van der Waals surface area contributed by atoms with E-state index in [1.807, 2.05) is 4.90 Å². The molecule has 4 heterocycles. The predicted molar refractivity (Wildman–Crippen MR) is 128 cm³/mol. The third-order valence-corrected chi connectivity index (χ3v) is 7.50. The number of ether oxygens (including phenoxy) is 1. The highest BCUT2D eigenvalue weighted by molar-refractivity contribution is 7.10. The summed E-state index contributed by atoms with van der Waals surface area (Å²) in [6.07, 6.45) is 5.86. The fourth-order valence-electron chi connectivity index (χ4n) is 5.20. The second-order valence-electron chi connectivity index (χ2n) is 9.97. The van der Waals surface area contributed by atoms with Crippen LogP contribution in [0.4, 0.5) is 15.7 Å². The first-order valence-electron chi connectivity index (χ1n) is 11.2. The summed E-state index contributed by atoms with van der Waals surface area (Å²) >= 11 is 1.12. The average molecular weight is 471 g/mol. The number of hydrogen-bond acceptors (Lipinski definition) is 8. The van der Waals surface area contributed by atoms with E-state index in [0.29, 0.717) is 23.0 Å². The van der Waals surface area contributed by atoms with Crippen LogP contribution in [-0.2, 0) is 5.54 Å². The molecule has 0 aromatic carbocycles. The minimum atomic E-state index is -0.117. The maximum atomic E-state index is 12.7. The lowest BCUT2D eigenvalue weighted by molar-refractivity contribution is 0.218. The van der Waals surface area contributed by atoms with E-state index in [1.54, 1.807) is 6.33 Å². The van der Waals surface area contributed by atoms with Crippen molar-refractivity contribution in [2.75, 3.05) is 37.5 Å². The summed E-state index contributed by atoms with van der Waals surface area (Å²) in [5, 5.41) is 4.39. The molecule has 2 amide bonds. The first-order chi connectivity index (χ1) is 15.7. The highest BCUT2D eigenvalue weighted by Crippen LogP contribution is 2.42. The van der Waals surface area contributed by atoms with Crippen LogP contribution in [-0.4, -0.2) is 68.1 Å². The van der Waals surface area contributed by atoms with Gasteiger partial charge in [0.15, 0.2) is 0 Å². The molecule has 3 aromatic heterocycles. The zero-order chi connectivity index (χ0) is 23.3. The highest BCUT2D eigenvalue weighted by atomic mass is 32.1. The Kier molecular flexibility index (Phi) is 5.38. The van der Waals surface area contributed by atoms with Gasteiger partial charge in [-0.1, -0.05) is 0 Å². The Morgan fingerprint density at radius 3 is 2.61 bits per heavy atom. The van der Waals surface area contributed by atoms with Gasteiger partial charge in [-0.25, -0.2) is 14.8 Å². The molecule has 5 rings (SSSR count). The fraction of sp³-hybridized carbons (Fsp3) is 0.591. The van der Waals surface area contributed by atoms with Crippen LogP contribution in [0.25, 0.3) is 11.0 Å². The molecule has 0 bridgehead atoms. The molecule has 2 aliphatic rings. The smallest absolute Gasteiger partial charge is 0.329 e. The van der Waals surface area contributed by atoms with Crippen molar-refractivity contribution in [3.8, 4) is 6.01 Å². The summed E-state index contributed by atoms with van der Waals surface area (Å²) in [6.45, 7) is 8.06. The van der Waals surface area contributed by atoms with Crippen molar-refractivity contribution in [3.05, 3.63) is 18.6 Å². The van der Waals surface area contributed by atoms with Gasteiger partial charge in [-0.3, -0.25) is 5.32 Å². The quantitative estimate of drug-likeness (QED) is 0.623. The summed E-state index contributed by atoms with van der Waals surface area (Å²) in [7, 11) is 3.64. The van der Waals surface area contributed by atoms with E-state index in [2.05, 4.69) is 74.2 Å². The number of nitrogens with one attached hydrogen (secondary N) is 1. The van der Waals surface area contributed by atoms with Crippen molar-refractivity contribution < 1.29 is 9.53 Å². The second kappa shape index (κ2) is 8.12. The van der Waals surface area contributed by atoms with Crippen LogP contribution in [0.3, 0.4) is 0 Å². The van der Waals surface area contributed by atoms with Gasteiger partial charge in [0, 0.05) is 49.4 Å². The molecule has 1 saturated heterocycles. The Morgan fingerprint density at radius 2 is 1.97 bits per heavy atom. The number of nitrogens with zero attached hydrogens (tertiary/aromatic N) is 7. The number of carbonyl (C=O) groups excluding carboxylic acids is 1. The molecule has 33 heavy (non-hydrogen) atoms. The van der Waals surface area contributed by atoms with Crippen LogP contribution >= 0.6 is 11.5 Å². The van der Waals surface area contributed by atoms with Gasteiger partial charge in [-0.05, 0) is 51.5 Å². The molecule has 176 valence electrons. The summed E-state index contributed by atoms with van der Waals surface area (Å²) in [5.41, 5.74) is 0.925. The standard InChI is InChI=1S/C22H30N8O2S/c1-22(2,3)30-7-6-16-17(23-12-24-18(16)30)28(4)15-8-13-10-29(11-14(13)9-15)21(31)26-20-25-19(32-5)27-33-20/h6-7,12-15H,8-11H2,1-5H3,(H,25,26,27,31)/t13-,14+,15?. The lowest BCUT2D eigenvalue weighted by atomic mass is 10.0. The highest BCUT2D eigenvalue weighted by Gasteiger charge is 2.44. The van der Waals surface area contributed by atoms with Gasteiger partial charge in [0.25, 0.3) is 0 Å². The molecule has 10 nitrogen and oxygen atoms in total. The zero-order valence-corrected chi connectivity index (χ0v) is 20.5. The maximum Gasteiger partial charge on any atom is 0.329 e. The Labute approximate surface area is 197 Å². The van der Waals surface area contributed by atoms with Gasteiger partial charge in [0.05, 0.1) is 12.5 Å². The van der Waals surface area contributed by atoms with Gasteiger partial charge in [0.2, 0.25) is 5.13 Å². The topological polar surface area (TPSA) is 101 Å². The predicted octanol–water partition coefficient (Wildman–Crippen LogP) is 3.43.